The SMILES string of the molecule is CC[C@H](CO)N(CC(=O)NCc1cccc(C)c1)CC(F)(F)F. The van der Waals surface area contributed by atoms with Gasteiger partial charge in [-0.1, -0.05) is 36.8 Å². The van der Waals surface area contributed by atoms with Crippen LogP contribution in [-0.2, 0) is 11.3 Å². The number of amides is 1. The molecule has 1 amide bonds. The molecule has 1 aromatic rings. The number of aryl methyl sites for hydroxylation is 1. The Morgan fingerprint density at radius 2 is 2.09 bits per heavy atom. The Hall–Kier alpha value is -1.60. The Kier molecular flexibility index (Phi) is 7.51. The molecule has 1 aromatic carbocycles. The van der Waals surface area contributed by atoms with Crippen molar-refractivity contribution in [3.05, 3.63) is 35.4 Å². The van der Waals surface area contributed by atoms with Crippen LogP contribution in [0.3, 0.4) is 0 Å². The minimum absolute atomic E-state index is 0.260. The Bertz CT molecular complexity index is 502. The zero-order chi connectivity index (χ0) is 17.5. The number of alkyl halides is 3. The van der Waals surface area contributed by atoms with Crippen LogP contribution in [0.25, 0.3) is 0 Å². The molecule has 0 radical (unpaired) electrons. The van der Waals surface area contributed by atoms with Crippen molar-refractivity contribution < 1.29 is 23.1 Å². The third-order valence-corrected chi connectivity index (χ3v) is 3.50. The molecule has 4 nitrogen and oxygen atoms in total. The Morgan fingerprint density at radius 3 is 2.61 bits per heavy atom. The van der Waals surface area contributed by atoms with Gasteiger partial charge in [-0.05, 0) is 18.9 Å². The van der Waals surface area contributed by atoms with E-state index in [4.69, 9.17) is 0 Å². The molecule has 7 heteroatoms. The van der Waals surface area contributed by atoms with Gasteiger partial charge in [-0.15, -0.1) is 0 Å². The largest absolute Gasteiger partial charge is 0.401 e. The molecule has 0 aliphatic rings. The van der Waals surface area contributed by atoms with Crippen LogP contribution in [0.2, 0.25) is 0 Å². The van der Waals surface area contributed by atoms with Gasteiger partial charge >= 0.3 is 6.18 Å². The number of benzene rings is 1. The first kappa shape index (κ1) is 19.4. The quantitative estimate of drug-likeness (QED) is 0.768. The van der Waals surface area contributed by atoms with Gasteiger partial charge in [0.25, 0.3) is 0 Å². The van der Waals surface area contributed by atoms with E-state index in [1.165, 1.54) is 0 Å². The van der Waals surface area contributed by atoms with E-state index in [9.17, 15) is 23.1 Å². The fourth-order valence-corrected chi connectivity index (χ4v) is 2.31. The van der Waals surface area contributed by atoms with E-state index in [0.717, 1.165) is 16.0 Å². The van der Waals surface area contributed by atoms with Gasteiger partial charge < -0.3 is 10.4 Å². The molecule has 2 N–H and O–H groups in total. The van der Waals surface area contributed by atoms with Gasteiger partial charge in [-0.3, -0.25) is 9.69 Å². The van der Waals surface area contributed by atoms with Crippen LogP contribution < -0.4 is 5.32 Å². The van der Waals surface area contributed by atoms with Gasteiger partial charge in [0, 0.05) is 12.6 Å². The molecule has 1 atom stereocenters. The molecule has 0 saturated heterocycles. The lowest BCUT2D eigenvalue weighted by molar-refractivity contribution is -0.155. The summed E-state index contributed by atoms with van der Waals surface area (Å²) in [6.07, 6.45) is -4.09. The zero-order valence-corrected chi connectivity index (χ0v) is 13.4. The summed E-state index contributed by atoms with van der Waals surface area (Å²) in [4.78, 5) is 12.9. The molecular formula is C16H23F3N2O2. The standard InChI is InChI=1S/C16H23F3N2O2/c1-3-14(10-22)21(11-16(17,18)19)9-15(23)20-8-13-6-4-5-12(2)7-13/h4-7,14,22H,3,8-11H2,1-2H3,(H,20,23)/t14-/m1/s1. The monoisotopic (exact) mass is 332 g/mol. The van der Waals surface area contributed by atoms with Gasteiger partial charge in [0.2, 0.25) is 5.91 Å². The van der Waals surface area contributed by atoms with Crippen molar-refractivity contribution in [3.8, 4) is 0 Å². The second-order valence-corrected chi connectivity index (χ2v) is 5.53. The molecule has 0 heterocycles. The molecule has 0 bridgehead atoms. The van der Waals surface area contributed by atoms with Crippen LogP contribution in [-0.4, -0.2) is 47.8 Å². The first-order valence-electron chi connectivity index (χ1n) is 7.49. The molecule has 0 unspecified atom stereocenters. The number of nitrogens with zero attached hydrogens (tertiary/aromatic N) is 1. The highest BCUT2D eigenvalue weighted by atomic mass is 19.4. The molecule has 0 fully saturated rings. The van der Waals surface area contributed by atoms with E-state index in [0.29, 0.717) is 6.42 Å². The molecule has 0 aliphatic carbocycles. The van der Waals surface area contributed by atoms with Crippen molar-refractivity contribution >= 4 is 5.91 Å². The van der Waals surface area contributed by atoms with E-state index >= 15 is 0 Å². The van der Waals surface area contributed by atoms with E-state index in [1.807, 2.05) is 31.2 Å². The molecule has 23 heavy (non-hydrogen) atoms. The van der Waals surface area contributed by atoms with Crippen molar-refractivity contribution in [2.45, 2.75) is 39.0 Å². The van der Waals surface area contributed by atoms with Crippen molar-refractivity contribution in [1.29, 1.82) is 0 Å². The number of aliphatic hydroxyl groups is 1. The highest BCUT2D eigenvalue weighted by molar-refractivity contribution is 5.78. The number of nitrogens with one attached hydrogen (secondary N) is 1. The fourth-order valence-electron chi connectivity index (χ4n) is 2.31. The summed E-state index contributed by atoms with van der Waals surface area (Å²) in [5.74, 6) is -0.498. The highest BCUT2D eigenvalue weighted by Gasteiger charge is 2.34. The number of rotatable bonds is 8. The Labute approximate surface area is 134 Å². The van der Waals surface area contributed by atoms with Crippen LogP contribution in [0.5, 0.6) is 0 Å². The van der Waals surface area contributed by atoms with Crippen LogP contribution in [0, 0.1) is 6.92 Å². The normalized spacial score (nSPS) is 13.2. The van der Waals surface area contributed by atoms with Crippen LogP contribution in [0.4, 0.5) is 13.2 Å². The second-order valence-electron chi connectivity index (χ2n) is 5.53. The lowest BCUT2D eigenvalue weighted by Gasteiger charge is -2.29. The third kappa shape index (κ3) is 7.47. The number of aliphatic hydroxyl groups excluding tert-OH is 1. The zero-order valence-electron chi connectivity index (χ0n) is 13.4. The molecule has 130 valence electrons. The highest BCUT2D eigenvalue weighted by Crippen LogP contribution is 2.18. The Morgan fingerprint density at radius 1 is 1.39 bits per heavy atom. The summed E-state index contributed by atoms with van der Waals surface area (Å²) < 4.78 is 37.9. The van der Waals surface area contributed by atoms with Crippen LogP contribution >= 0.6 is 0 Å². The molecular weight excluding hydrogens is 309 g/mol. The first-order chi connectivity index (χ1) is 10.7. The number of carbonyl (C=O) groups excluding carboxylic acids is 1. The summed E-state index contributed by atoms with van der Waals surface area (Å²) in [5, 5.41) is 11.8. The van der Waals surface area contributed by atoms with Crippen molar-refractivity contribution in [2.75, 3.05) is 19.7 Å². The third-order valence-electron chi connectivity index (χ3n) is 3.50. The lowest BCUT2D eigenvalue weighted by atomic mass is 10.1. The van der Waals surface area contributed by atoms with Gasteiger partial charge in [-0.2, -0.15) is 13.2 Å². The van der Waals surface area contributed by atoms with Crippen molar-refractivity contribution in [2.24, 2.45) is 0 Å². The lowest BCUT2D eigenvalue weighted by Crippen LogP contribution is -2.48. The van der Waals surface area contributed by atoms with Gasteiger partial charge in [0.1, 0.15) is 0 Å². The summed E-state index contributed by atoms with van der Waals surface area (Å²) in [6, 6.07) is 6.82. The summed E-state index contributed by atoms with van der Waals surface area (Å²) >= 11 is 0. The summed E-state index contributed by atoms with van der Waals surface area (Å²) in [6.45, 7) is 1.82. The molecule has 0 saturated carbocycles. The molecule has 0 aromatic heterocycles. The second kappa shape index (κ2) is 8.88. The minimum atomic E-state index is -4.42. The Balaban J connectivity index is 2.61. The van der Waals surface area contributed by atoms with E-state index in [1.54, 1.807) is 6.92 Å². The van der Waals surface area contributed by atoms with Gasteiger partial charge in [0.05, 0.1) is 19.7 Å². The molecule has 1 rings (SSSR count). The van der Waals surface area contributed by atoms with E-state index in [2.05, 4.69) is 5.32 Å². The number of halogens is 3. The van der Waals surface area contributed by atoms with Crippen LogP contribution in [0.1, 0.15) is 24.5 Å². The molecule has 0 aliphatic heterocycles. The van der Waals surface area contributed by atoms with Crippen molar-refractivity contribution in [3.63, 3.8) is 0 Å². The smallest absolute Gasteiger partial charge is 0.395 e. The predicted molar refractivity (Wildman–Crippen MR) is 81.8 cm³/mol. The van der Waals surface area contributed by atoms with E-state index in [-0.39, 0.29) is 6.54 Å². The van der Waals surface area contributed by atoms with Crippen LogP contribution in [0.15, 0.2) is 24.3 Å². The average Bonchev–Trinajstić information content (AvgIpc) is 2.45. The summed E-state index contributed by atoms with van der Waals surface area (Å²) in [5.41, 5.74) is 1.93. The first-order valence-corrected chi connectivity index (χ1v) is 7.49. The maximum atomic E-state index is 12.6. The minimum Gasteiger partial charge on any atom is -0.395 e. The number of hydrogen-bond acceptors (Lipinski definition) is 3. The fraction of sp³-hybridized carbons (Fsp3) is 0.562. The predicted octanol–water partition coefficient (Wildman–Crippen LogP) is 2.25. The number of hydrogen-bond donors (Lipinski definition) is 2. The maximum Gasteiger partial charge on any atom is 0.401 e. The van der Waals surface area contributed by atoms with Gasteiger partial charge in [-0.25, -0.2) is 0 Å². The number of carbonyl (C=O) groups is 1. The van der Waals surface area contributed by atoms with Crippen molar-refractivity contribution in [1.82, 2.24) is 10.2 Å². The van der Waals surface area contributed by atoms with Gasteiger partial charge in [0.15, 0.2) is 0 Å². The maximum absolute atomic E-state index is 12.6. The summed E-state index contributed by atoms with van der Waals surface area (Å²) in [7, 11) is 0. The average molecular weight is 332 g/mol. The van der Waals surface area contributed by atoms with E-state index < -0.39 is 37.8 Å². The molecule has 0 spiro atoms. The topological polar surface area (TPSA) is 52.6 Å².